The van der Waals surface area contributed by atoms with E-state index in [0.717, 1.165) is 11.3 Å². The molecule has 2 amide bonds. The lowest BCUT2D eigenvalue weighted by molar-refractivity contribution is -0.126. The number of nitrogens with one attached hydrogen (secondary N) is 2. The summed E-state index contributed by atoms with van der Waals surface area (Å²) in [5.41, 5.74) is 3.00. The van der Waals surface area contributed by atoms with E-state index < -0.39 is 0 Å². The number of hydrogen-bond donors (Lipinski definition) is 2. The minimum Gasteiger partial charge on any atom is -0.347 e. The lowest BCUT2D eigenvalue weighted by atomic mass is 10.1. The van der Waals surface area contributed by atoms with Crippen LogP contribution < -0.4 is 10.6 Å². The van der Waals surface area contributed by atoms with Crippen LogP contribution in [-0.4, -0.2) is 38.7 Å². The van der Waals surface area contributed by atoms with Crippen molar-refractivity contribution in [2.24, 2.45) is 5.92 Å². The van der Waals surface area contributed by atoms with Gasteiger partial charge in [-0.05, 0) is 36.1 Å². The van der Waals surface area contributed by atoms with Crippen molar-refractivity contribution in [3.05, 3.63) is 70.7 Å². The summed E-state index contributed by atoms with van der Waals surface area (Å²) >= 11 is 1.37. The number of benzene rings is 1. The first-order chi connectivity index (χ1) is 16.0. The highest BCUT2D eigenvalue weighted by Gasteiger charge is 2.18. The molecule has 4 aromatic rings. The molecule has 3 aromatic heterocycles. The van der Waals surface area contributed by atoms with Crippen molar-refractivity contribution >= 4 is 40.3 Å². The summed E-state index contributed by atoms with van der Waals surface area (Å²) in [6.07, 6.45) is 3.87. The van der Waals surface area contributed by atoms with Gasteiger partial charge < -0.3 is 10.6 Å². The highest BCUT2D eigenvalue weighted by atomic mass is 32.1. The van der Waals surface area contributed by atoms with E-state index >= 15 is 0 Å². The first-order valence-corrected chi connectivity index (χ1v) is 11.4. The second kappa shape index (κ2) is 9.74. The fourth-order valence-corrected chi connectivity index (χ4v) is 3.98. The van der Waals surface area contributed by atoms with Crippen molar-refractivity contribution in [3.8, 4) is 11.3 Å². The SMILES string of the molecule is CCC(C)C(=O)NCC(=O)Nc1cccc(-c2ccnc3c(C(=O)c4cccs4)cnn23)c1. The van der Waals surface area contributed by atoms with E-state index in [4.69, 9.17) is 0 Å². The van der Waals surface area contributed by atoms with Crippen LogP contribution in [0.4, 0.5) is 5.69 Å². The van der Waals surface area contributed by atoms with E-state index in [1.165, 1.54) is 17.5 Å². The van der Waals surface area contributed by atoms with Crippen LogP contribution >= 0.6 is 11.3 Å². The van der Waals surface area contributed by atoms with Gasteiger partial charge in [0.15, 0.2) is 5.65 Å². The number of nitrogens with zero attached hydrogens (tertiary/aromatic N) is 3. The van der Waals surface area contributed by atoms with Crippen LogP contribution in [0.15, 0.2) is 60.2 Å². The number of carbonyl (C=O) groups excluding carboxylic acids is 3. The number of ketones is 1. The molecule has 0 spiro atoms. The Morgan fingerprint density at radius 2 is 2.00 bits per heavy atom. The molecule has 3 heterocycles. The van der Waals surface area contributed by atoms with Crippen LogP contribution in [0.2, 0.25) is 0 Å². The van der Waals surface area contributed by atoms with E-state index in [1.807, 2.05) is 43.5 Å². The number of anilines is 1. The van der Waals surface area contributed by atoms with Gasteiger partial charge in [0.25, 0.3) is 0 Å². The van der Waals surface area contributed by atoms with Crippen LogP contribution in [0.25, 0.3) is 16.9 Å². The highest BCUT2D eigenvalue weighted by Crippen LogP contribution is 2.25. The second-order valence-electron chi connectivity index (χ2n) is 7.59. The Morgan fingerprint density at radius 1 is 1.15 bits per heavy atom. The summed E-state index contributed by atoms with van der Waals surface area (Å²) in [6.45, 7) is 3.65. The van der Waals surface area contributed by atoms with Crippen molar-refractivity contribution in [1.29, 1.82) is 0 Å². The Labute approximate surface area is 194 Å². The molecule has 1 unspecified atom stereocenters. The van der Waals surface area contributed by atoms with Gasteiger partial charge in [-0.15, -0.1) is 11.3 Å². The largest absolute Gasteiger partial charge is 0.347 e. The molecule has 0 bridgehead atoms. The Hall–Kier alpha value is -3.85. The minimum absolute atomic E-state index is 0.0970. The molecule has 0 saturated carbocycles. The van der Waals surface area contributed by atoms with Crippen LogP contribution in [0.5, 0.6) is 0 Å². The maximum Gasteiger partial charge on any atom is 0.243 e. The molecule has 2 N–H and O–H groups in total. The number of rotatable bonds is 8. The van der Waals surface area contributed by atoms with Crippen LogP contribution in [0, 0.1) is 5.92 Å². The first-order valence-electron chi connectivity index (χ1n) is 10.6. The molecule has 1 aromatic carbocycles. The molecule has 8 nitrogen and oxygen atoms in total. The number of thiophene rings is 1. The van der Waals surface area contributed by atoms with E-state index in [-0.39, 0.29) is 30.1 Å². The summed E-state index contributed by atoms with van der Waals surface area (Å²) in [5.74, 6) is -0.718. The summed E-state index contributed by atoms with van der Waals surface area (Å²) < 4.78 is 1.62. The molecule has 33 heavy (non-hydrogen) atoms. The minimum atomic E-state index is -0.313. The molecule has 0 saturated heterocycles. The van der Waals surface area contributed by atoms with E-state index in [9.17, 15) is 14.4 Å². The topological polar surface area (TPSA) is 105 Å². The van der Waals surface area contributed by atoms with Gasteiger partial charge in [0.2, 0.25) is 17.6 Å². The van der Waals surface area contributed by atoms with Gasteiger partial charge in [-0.3, -0.25) is 14.4 Å². The zero-order valence-electron chi connectivity index (χ0n) is 18.2. The van der Waals surface area contributed by atoms with Gasteiger partial charge >= 0.3 is 0 Å². The lowest BCUT2D eigenvalue weighted by Gasteiger charge is -2.11. The fraction of sp³-hybridized carbons (Fsp3) is 0.208. The van der Waals surface area contributed by atoms with Crippen molar-refractivity contribution in [3.63, 3.8) is 0 Å². The molecule has 9 heteroatoms. The number of hydrogen-bond acceptors (Lipinski definition) is 6. The van der Waals surface area contributed by atoms with Gasteiger partial charge in [0, 0.05) is 23.4 Å². The number of carbonyl (C=O) groups is 3. The lowest BCUT2D eigenvalue weighted by Crippen LogP contribution is -2.35. The van der Waals surface area contributed by atoms with E-state index in [0.29, 0.717) is 28.2 Å². The molecule has 0 aliphatic rings. The third kappa shape index (κ3) is 4.83. The first kappa shape index (κ1) is 22.3. The van der Waals surface area contributed by atoms with Crippen molar-refractivity contribution < 1.29 is 14.4 Å². The molecule has 4 rings (SSSR count). The predicted octanol–water partition coefficient (Wildman–Crippen LogP) is 3.79. The van der Waals surface area contributed by atoms with Crippen LogP contribution in [0.1, 0.15) is 35.5 Å². The molecule has 1 atom stereocenters. The Balaban J connectivity index is 1.55. The highest BCUT2D eigenvalue weighted by molar-refractivity contribution is 7.12. The number of fused-ring (bicyclic) bond motifs is 1. The maximum absolute atomic E-state index is 12.8. The number of amides is 2. The molecule has 0 aliphatic heterocycles. The Kier molecular flexibility index (Phi) is 6.60. The summed E-state index contributed by atoms with van der Waals surface area (Å²) in [4.78, 5) is 42.0. The average Bonchev–Trinajstić information content (AvgIpc) is 3.52. The smallest absolute Gasteiger partial charge is 0.243 e. The standard InChI is InChI=1S/C24H23N5O3S/c1-3-15(2)24(32)26-14-21(30)28-17-7-4-6-16(12-17)19-9-10-25-23-18(13-27-29(19)23)22(31)20-8-5-11-33-20/h4-13,15H,3,14H2,1-2H3,(H,26,32)(H,28,30). The second-order valence-corrected chi connectivity index (χ2v) is 8.53. The van der Waals surface area contributed by atoms with Gasteiger partial charge in [-0.25, -0.2) is 9.50 Å². The quantitative estimate of drug-likeness (QED) is 0.389. The number of aromatic nitrogens is 3. The van der Waals surface area contributed by atoms with E-state index in [2.05, 4.69) is 20.7 Å². The third-order valence-electron chi connectivity index (χ3n) is 5.32. The van der Waals surface area contributed by atoms with Gasteiger partial charge in [-0.1, -0.05) is 32.0 Å². The normalized spacial score (nSPS) is 11.8. The molecule has 168 valence electrons. The molecular formula is C24H23N5O3S. The maximum atomic E-state index is 12.8. The Morgan fingerprint density at radius 3 is 2.76 bits per heavy atom. The van der Waals surface area contributed by atoms with Gasteiger partial charge in [-0.2, -0.15) is 5.10 Å². The molecule has 0 radical (unpaired) electrons. The van der Waals surface area contributed by atoms with Crippen molar-refractivity contribution in [2.45, 2.75) is 20.3 Å². The van der Waals surface area contributed by atoms with Gasteiger partial charge in [0.1, 0.15) is 0 Å². The van der Waals surface area contributed by atoms with Crippen molar-refractivity contribution in [2.75, 3.05) is 11.9 Å². The van der Waals surface area contributed by atoms with Gasteiger partial charge in [0.05, 0.1) is 28.9 Å². The summed E-state index contributed by atoms with van der Waals surface area (Å²) in [7, 11) is 0. The zero-order valence-corrected chi connectivity index (χ0v) is 19.1. The molecule has 0 aliphatic carbocycles. The summed E-state index contributed by atoms with van der Waals surface area (Å²) in [5, 5.41) is 11.7. The summed E-state index contributed by atoms with van der Waals surface area (Å²) in [6, 6.07) is 12.7. The molecular weight excluding hydrogens is 438 g/mol. The average molecular weight is 462 g/mol. The monoisotopic (exact) mass is 461 g/mol. The van der Waals surface area contributed by atoms with Crippen LogP contribution in [-0.2, 0) is 9.59 Å². The molecule has 0 fully saturated rings. The third-order valence-corrected chi connectivity index (χ3v) is 6.18. The zero-order chi connectivity index (χ0) is 23.4. The Bertz CT molecular complexity index is 1310. The fourth-order valence-electron chi connectivity index (χ4n) is 3.30. The predicted molar refractivity (Wildman–Crippen MR) is 127 cm³/mol. The van der Waals surface area contributed by atoms with Crippen LogP contribution in [0.3, 0.4) is 0 Å². The van der Waals surface area contributed by atoms with E-state index in [1.54, 1.807) is 28.9 Å². The van der Waals surface area contributed by atoms with Crippen molar-refractivity contribution in [1.82, 2.24) is 19.9 Å².